The third kappa shape index (κ3) is 5.54. The monoisotopic (exact) mass is 775 g/mol. The molecule has 0 aliphatic carbocycles. The molecule has 45 heavy (non-hydrogen) atoms. The standard InChI is InChI=1S/C36H28N4O4.Pt/c1-23-16-33(42-3)36(34(17-23)43-4)24-21-38-39(22-24)25-8-7-9-27(18-25)44-28-12-13-30-29-10-5-6-11-31(29)40(32(30)19-28)35-20-26(41-2)14-15-37-35;/h5-17,20-22H,1-4H3;/q-2;+2. The minimum atomic E-state index is 0. The number of pyridine rings is 1. The summed E-state index contributed by atoms with van der Waals surface area (Å²) >= 11 is 0. The van der Waals surface area contributed by atoms with E-state index in [9.17, 15) is 0 Å². The zero-order valence-corrected chi connectivity index (χ0v) is 27.2. The quantitative estimate of drug-likeness (QED) is 0.147. The maximum atomic E-state index is 6.31. The molecule has 9 heteroatoms. The third-order valence-electron chi connectivity index (χ3n) is 7.48. The second-order valence-electron chi connectivity index (χ2n) is 10.2. The van der Waals surface area contributed by atoms with Gasteiger partial charge in [0.1, 0.15) is 23.1 Å². The van der Waals surface area contributed by atoms with Crippen LogP contribution >= 0.6 is 0 Å². The molecule has 0 amide bonds. The number of aromatic nitrogens is 4. The van der Waals surface area contributed by atoms with Crippen molar-refractivity contribution in [1.29, 1.82) is 0 Å². The van der Waals surface area contributed by atoms with E-state index in [-0.39, 0.29) is 21.1 Å². The van der Waals surface area contributed by atoms with Crippen molar-refractivity contribution < 1.29 is 40.0 Å². The van der Waals surface area contributed by atoms with Crippen molar-refractivity contribution in [3.63, 3.8) is 0 Å². The molecule has 4 aromatic carbocycles. The Morgan fingerprint density at radius 1 is 0.756 bits per heavy atom. The minimum Gasteiger partial charge on any atom is -0.509 e. The van der Waals surface area contributed by atoms with Crippen molar-refractivity contribution in [3.8, 4) is 51.4 Å². The zero-order chi connectivity index (χ0) is 30.2. The van der Waals surface area contributed by atoms with Gasteiger partial charge in [-0.25, -0.2) is 4.98 Å². The third-order valence-corrected chi connectivity index (χ3v) is 7.48. The Morgan fingerprint density at radius 3 is 2.31 bits per heavy atom. The Kier molecular flexibility index (Phi) is 8.33. The Balaban J connectivity index is 0.00000357. The summed E-state index contributed by atoms with van der Waals surface area (Å²) in [6.45, 7) is 2.00. The zero-order valence-electron chi connectivity index (χ0n) is 25.0. The van der Waals surface area contributed by atoms with Gasteiger partial charge in [-0.3, -0.25) is 4.68 Å². The van der Waals surface area contributed by atoms with Crippen LogP contribution in [0, 0.1) is 19.1 Å². The van der Waals surface area contributed by atoms with E-state index in [0.29, 0.717) is 11.5 Å². The Morgan fingerprint density at radius 2 is 1.53 bits per heavy atom. The van der Waals surface area contributed by atoms with Gasteiger partial charge in [-0.1, -0.05) is 23.7 Å². The first-order valence-electron chi connectivity index (χ1n) is 14.0. The van der Waals surface area contributed by atoms with Crippen molar-refractivity contribution in [1.82, 2.24) is 19.3 Å². The molecule has 0 saturated heterocycles. The molecule has 0 saturated carbocycles. The molecular formula is C36H28N4O4Pt. The van der Waals surface area contributed by atoms with Crippen LogP contribution in [0.15, 0.2) is 97.5 Å². The second-order valence-corrected chi connectivity index (χ2v) is 10.2. The van der Waals surface area contributed by atoms with Gasteiger partial charge in [0.05, 0.1) is 33.1 Å². The summed E-state index contributed by atoms with van der Waals surface area (Å²) in [6, 6.07) is 32.4. The first-order valence-corrected chi connectivity index (χ1v) is 14.0. The van der Waals surface area contributed by atoms with Gasteiger partial charge >= 0.3 is 21.1 Å². The Hall–Kier alpha value is -5.07. The van der Waals surface area contributed by atoms with Crippen LogP contribution in [0.5, 0.6) is 28.7 Å². The number of benzene rings is 4. The molecule has 226 valence electrons. The van der Waals surface area contributed by atoms with Crippen LogP contribution < -0.4 is 18.9 Å². The van der Waals surface area contributed by atoms with E-state index in [4.69, 9.17) is 18.9 Å². The van der Waals surface area contributed by atoms with Gasteiger partial charge in [-0.15, -0.1) is 35.7 Å². The van der Waals surface area contributed by atoms with E-state index in [1.54, 1.807) is 38.4 Å². The molecular weight excluding hydrogens is 747 g/mol. The number of fused-ring (bicyclic) bond motifs is 3. The summed E-state index contributed by atoms with van der Waals surface area (Å²) in [6.07, 6.45) is 5.44. The molecule has 0 unspecified atom stereocenters. The van der Waals surface area contributed by atoms with Crippen molar-refractivity contribution in [3.05, 3.63) is 115 Å². The molecule has 0 bridgehead atoms. The average molecular weight is 776 g/mol. The molecule has 0 atom stereocenters. The summed E-state index contributed by atoms with van der Waals surface area (Å²) in [5.41, 5.74) is 5.32. The number of hydrogen-bond donors (Lipinski definition) is 0. The summed E-state index contributed by atoms with van der Waals surface area (Å²) in [5, 5.41) is 6.74. The molecule has 8 nitrogen and oxygen atoms in total. The predicted molar refractivity (Wildman–Crippen MR) is 170 cm³/mol. The number of rotatable bonds is 8. The fourth-order valence-corrected chi connectivity index (χ4v) is 5.48. The number of para-hydroxylation sites is 1. The molecule has 0 radical (unpaired) electrons. The fraction of sp³-hybridized carbons (Fsp3) is 0.111. The van der Waals surface area contributed by atoms with Crippen molar-refractivity contribution in [2.24, 2.45) is 0 Å². The molecule has 3 heterocycles. The smallest absolute Gasteiger partial charge is 0.509 e. The van der Waals surface area contributed by atoms with Crippen LogP contribution in [0.3, 0.4) is 0 Å². The maximum Gasteiger partial charge on any atom is 2.00 e. The van der Waals surface area contributed by atoms with Gasteiger partial charge in [0.25, 0.3) is 0 Å². The van der Waals surface area contributed by atoms with E-state index < -0.39 is 0 Å². The maximum absolute atomic E-state index is 6.31. The number of nitrogens with zero attached hydrogens (tertiary/aromatic N) is 4. The normalized spacial score (nSPS) is 10.9. The van der Waals surface area contributed by atoms with Gasteiger partial charge < -0.3 is 23.5 Å². The predicted octanol–water partition coefficient (Wildman–Crippen LogP) is 7.76. The van der Waals surface area contributed by atoms with Crippen molar-refractivity contribution in [2.75, 3.05) is 21.3 Å². The topological polar surface area (TPSA) is 72.6 Å². The average Bonchev–Trinajstić information content (AvgIpc) is 3.67. The summed E-state index contributed by atoms with van der Waals surface area (Å²) < 4.78 is 26.9. The molecule has 0 aliphatic rings. The molecule has 0 fully saturated rings. The van der Waals surface area contributed by atoms with Crippen LogP contribution in [0.2, 0.25) is 0 Å². The van der Waals surface area contributed by atoms with Crippen LogP contribution in [0.25, 0.3) is 44.4 Å². The number of hydrogen-bond acceptors (Lipinski definition) is 6. The van der Waals surface area contributed by atoms with Crippen molar-refractivity contribution >= 4 is 21.8 Å². The van der Waals surface area contributed by atoms with E-state index in [1.807, 2.05) is 79.9 Å². The van der Waals surface area contributed by atoms with E-state index in [1.165, 1.54) is 0 Å². The van der Waals surface area contributed by atoms with Crippen molar-refractivity contribution in [2.45, 2.75) is 6.92 Å². The molecule has 0 spiro atoms. The minimum absolute atomic E-state index is 0. The summed E-state index contributed by atoms with van der Waals surface area (Å²) in [5.74, 6) is 3.97. The van der Waals surface area contributed by atoms with E-state index >= 15 is 0 Å². The largest absolute Gasteiger partial charge is 2.00 e. The SMILES string of the molecule is COc1ccnc(-n2c3[c-]c(Oc4[c-]c(-n5cc(-c6c(OC)cc(C)cc6OC)cn5)ccc4)ccc3c3ccccc32)c1.[Pt+2]. The molecule has 7 aromatic rings. The molecule has 0 aliphatic heterocycles. The van der Waals surface area contributed by atoms with E-state index in [0.717, 1.165) is 67.2 Å². The summed E-state index contributed by atoms with van der Waals surface area (Å²) in [4.78, 5) is 4.63. The summed E-state index contributed by atoms with van der Waals surface area (Å²) in [7, 11) is 4.95. The van der Waals surface area contributed by atoms with Gasteiger partial charge in [0.2, 0.25) is 0 Å². The number of ether oxygens (including phenoxy) is 4. The molecule has 7 rings (SSSR count). The number of aryl methyl sites for hydroxylation is 1. The van der Waals surface area contributed by atoms with E-state index in [2.05, 4.69) is 38.9 Å². The van der Waals surface area contributed by atoms with Gasteiger partial charge in [-0.05, 0) is 47.8 Å². The number of methoxy groups -OCH3 is 3. The first kappa shape index (κ1) is 30.0. The van der Waals surface area contributed by atoms with Gasteiger partial charge in [0.15, 0.2) is 0 Å². The van der Waals surface area contributed by atoms with Crippen LogP contribution in [0.1, 0.15) is 5.56 Å². The second kappa shape index (κ2) is 12.5. The first-order chi connectivity index (χ1) is 21.6. The van der Waals surface area contributed by atoms with Gasteiger partial charge in [0, 0.05) is 41.0 Å². The van der Waals surface area contributed by atoms with Gasteiger partial charge in [-0.2, -0.15) is 17.2 Å². The fourth-order valence-electron chi connectivity index (χ4n) is 5.48. The Labute approximate surface area is 275 Å². The molecule has 0 N–H and O–H groups in total. The van der Waals surface area contributed by atoms with Crippen LogP contribution in [-0.4, -0.2) is 40.7 Å². The van der Waals surface area contributed by atoms with Crippen LogP contribution in [0.4, 0.5) is 0 Å². The van der Waals surface area contributed by atoms with Crippen LogP contribution in [-0.2, 0) is 21.1 Å². The Bertz CT molecular complexity index is 2130. The molecule has 3 aromatic heterocycles.